The number of anilines is 1. The standard InChI is InChI=1S/C20H21N5O4S2/c1-3-24(4-2)31(28,29)18-10-6-8-16(12-18)19-14-30-20(22-19)23-21-13-15-7-5-9-17(11-15)25(26)27/h5-14H,3-4H2,1-2H3,(H,22,23). The molecule has 0 bridgehead atoms. The molecule has 11 heteroatoms. The van der Waals surface area contributed by atoms with E-state index in [9.17, 15) is 18.5 Å². The minimum Gasteiger partial charge on any atom is -0.258 e. The lowest BCUT2D eigenvalue weighted by Gasteiger charge is -2.18. The molecule has 0 aliphatic rings. The lowest BCUT2D eigenvalue weighted by Crippen LogP contribution is -2.30. The van der Waals surface area contributed by atoms with Gasteiger partial charge in [0.2, 0.25) is 15.2 Å². The van der Waals surface area contributed by atoms with Gasteiger partial charge in [-0.25, -0.2) is 13.4 Å². The van der Waals surface area contributed by atoms with E-state index in [1.54, 1.807) is 55.6 Å². The van der Waals surface area contributed by atoms with Gasteiger partial charge < -0.3 is 0 Å². The summed E-state index contributed by atoms with van der Waals surface area (Å²) in [6, 6.07) is 12.8. The first-order valence-corrected chi connectivity index (χ1v) is 11.8. The van der Waals surface area contributed by atoms with Crippen molar-refractivity contribution in [3.8, 4) is 11.3 Å². The number of nitro benzene ring substituents is 1. The molecule has 162 valence electrons. The van der Waals surface area contributed by atoms with E-state index in [0.29, 0.717) is 35.0 Å². The number of benzene rings is 2. The molecule has 0 atom stereocenters. The van der Waals surface area contributed by atoms with E-state index in [-0.39, 0.29) is 10.6 Å². The number of hydrazone groups is 1. The normalized spacial score (nSPS) is 11.8. The van der Waals surface area contributed by atoms with Crippen molar-refractivity contribution in [1.82, 2.24) is 9.29 Å². The van der Waals surface area contributed by atoms with Crippen LogP contribution in [0.3, 0.4) is 0 Å². The molecule has 0 amide bonds. The average Bonchev–Trinajstić information content (AvgIpc) is 3.24. The van der Waals surface area contributed by atoms with Gasteiger partial charge in [-0.2, -0.15) is 9.41 Å². The summed E-state index contributed by atoms with van der Waals surface area (Å²) in [5.74, 6) is 0. The maximum Gasteiger partial charge on any atom is 0.270 e. The van der Waals surface area contributed by atoms with Crippen LogP contribution in [-0.4, -0.2) is 41.9 Å². The van der Waals surface area contributed by atoms with Gasteiger partial charge in [-0.05, 0) is 12.1 Å². The Kier molecular flexibility index (Phi) is 7.10. The Morgan fingerprint density at radius 2 is 1.94 bits per heavy atom. The van der Waals surface area contributed by atoms with E-state index in [2.05, 4.69) is 15.5 Å². The highest BCUT2D eigenvalue weighted by molar-refractivity contribution is 7.89. The fourth-order valence-corrected chi connectivity index (χ4v) is 5.04. The summed E-state index contributed by atoms with van der Waals surface area (Å²) in [5, 5.41) is 17.2. The van der Waals surface area contributed by atoms with E-state index in [1.165, 1.54) is 34.0 Å². The van der Waals surface area contributed by atoms with Crippen molar-refractivity contribution in [1.29, 1.82) is 0 Å². The van der Waals surface area contributed by atoms with Crippen LogP contribution in [0, 0.1) is 10.1 Å². The molecule has 0 saturated heterocycles. The number of nitrogens with one attached hydrogen (secondary N) is 1. The Hall–Kier alpha value is -3.15. The molecule has 0 fully saturated rings. The van der Waals surface area contributed by atoms with Gasteiger partial charge in [-0.15, -0.1) is 11.3 Å². The molecule has 3 aromatic rings. The fourth-order valence-electron chi connectivity index (χ4n) is 2.87. The molecule has 3 rings (SSSR count). The van der Waals surface area contributed by atoms with Gasteiger partial charge in [0.25, 0.3) is 5.69 Å². The molecule has 0 saturated carbocycles. The highest BCUT2D eigenvalue weighted by Gasteiger charge is 2.22. The van der Waals surface area contributed by atoms with E-state index in [1.807, 2.05) is 0 Å². The van der Waals surface area contributed by atoms with Crippen molar-refractivity contribution in [3.63, 3.8) is 0 Å². The first-order chi connectivity index (χ1) is 14.8. The van der Waals surface area contributed by atoms with Gasteiger partial charge in [0.05, 0.1) is 21.7 Å². The number of aromatic nitrogens is 1. The zero-order chi connectivity index (χ0) is 22.4. The molecule has 31 heavy (non-hydrogen) atoms. The number of non-ortho nitro benzene ring substituents is 1. The Morgan fingerprint density at radius 3 is 2.65 bits per heavy atom. The minimum absolute atomic E-state index is 0.0139. The summed E-state index contributed by atoms with van der Waals surface area (Å²) in [4.78, 5) is 15.0. The third-order valence-corrected chi connectivity index (χ3v) is 7.22. The number of hydrogen-bond donors (Lipinski definition) is 1. The topological polar surface area (TPSA) is 118 Å². The van der Waals surface area contributed by atoms with Crippen molar-refractivity contribution < 1.29 is 13.3 Å². The molecule has 0 unspecified atom stereocenters. The summed E-state index contributed by atoms with van der Waals surface area (Å²) < 4.78 is 26.9. The zero-order valence-corrected chi connectivity index (χ0v) is 18.6. The smallest absolute Gasteiger partial charge is 0.258 e. The van der Waals surface area contributed by atoms with E-state index >= 15 is 0 Å². The Balaban J connectivity index is 1.75. The van der Waals surface area contributed by atoms with Crippen LogP contribution in [0.2, 0.25) is 0 Å². The number of rotatable bonds is 9. The van der Waals surface area contributed by atoms with Crippen LogP contribution in [0.15, 0.2) is 63.9 Å². The fraction of sp³-hybridized carbons (Fsp3) is 0.200. The second kappa shape index (κ2) is 9.77. The van der Waals surface area contributed by atoms with Gasteiger partial charge in [0.1, 0.15) is 0 Å². The highest BCUT2D eigenvalue weighted by atomic mass is 32.2. The maximum atomic E-state index is 12.8. The molecule has 0 radical (unpaired) electrons. The third-order valence-electron chi connectivity index (χ3n) is 4.43. The van der Waals surface area contributed by atoms with Crippen molar-refractivity contribution >= 4 is 38.4 Å². The van der Waals surface area contributed by atoms with Gasteiger partial charge in [0.15, 0.2) is 0 Å². The second-order valence-electron chi connectivity index (χ2n) is 6.38. The van der Waals surface area contributed by atoms with E-state index in [4.69, 9.17) is 0 Å². The molecule has 1 N–H and O–H groups in total. The maximum absolute atomic E-state index is 12.8. The predicted octanol–water partition coefficient (Wildman–Crippen LogP) is 4.19. The summed E-state index contributed by atoms with van der Waals surface area (Å²) in [6.45, 7) is 4.40. The number of hydrogen-bond acceptors (Lipinski definition) is 8. The second-order valence-corrected chi connectivity index (χ2v) is 9.17. The summed E-state index contributed by atoms with van der Waals surface area (Å²) in [6.07, 6.45) is 1.46. The first kappa shape index (κ1) is 22.5. The van der Waals surface area contributed by atoms with Crippen molar-refractivity contribution in [3.05, 3.63) is 69.6 Å². The number of sulfonamides is 1. The number of nitrogens with zero attached hydrogens (tertiary/aromatic N) is 4. The van der Waals surface area contributed by atoms with Crippen LogP contribution >= 0.6 is 11.3 Å². The summed E-state index contributed by atoms with van der Waals surface area (Å²) >= 11 is 1.31. The van der Waals surface area contributed by atoms with Gasteiger partial charge in [-0.1, -0.05) is 38.1 Å². The molecule has 1 heterocycles. The van der Waals surface area contributed by atoms with Crippen molar-refractivity contribution in [2.24, 2.45) is 5.10 Å². The van der Waals surface area contributed by atoms with Gasteiger partial charge >= 0.3 is 0 Å². The Morgan fingerprint density at radius 1 is 1.19 bits per heavy atom. The van der Waals surface area contributed by atoms with Crippen LogP contribution in [0.5, 0.6) is 0 Å². The quantitative estimate of drug-likeness (QED) is 0.291. The predicted molar refractivity (Wildman–Crippen MR) is 122 cm³/mol. The largest absolute Gasteiger partial charge is 0.270 e. The van der Waals surface area contributed by atoms with Crippen LogP contribution in [0.25, 0.3) is 11.3 Å². The van der Waals surface area contributed by atoms with Crippen LogP contribution < -0.4 is 5.43 Å². The lowest BCUT2D eigenvalue weighted by molar-refractivity contribution is -0.384. The van der Waals surface area contributed by atoms with E-state index in [0.717, 1.165) is 0 Å². The lowest BCUT2D eigenvalue weighted by atomic mass is 10.2. The summed E-state index contributed by atoms with van der Waals surface area (Å²) in [5.41, 5.74) is 4.66. The molecule has 0 spiro atoms. The van der Waals surface area contributed by atoms with Crippen LogP contribution in [0.1, 0.15) is 19.4 Å². The molecule has 0 aliphatic carbocycles. The SMILES string of the molecule is CCN(CC)S(=O)(=O)c1cccc(-c2csc(NN=Cc3cccc([N+](=O)[O-])c3)n2)c1. The molecule has 2 aromatic carbocycles. The Bertz CT molecular complexity index is 1200. The minimum atomic E-state index is -3.56. The highest BCUT2D eigenvalue weighted by Crippen LogP contribution is 2.27. The van der Waals surface area contributed by atoms with Crippen molar-refractivity contribution in [2.75, 3.05) is 18.5 Å². The van der Waals surface area contributed by atoms with Gasteiger partial charge in [-0.3, -0.25) is 15.5 Å². The third kappa shape index (κ3) is 5.32. The molecule has 0 aliphatic heterocycles. The molecule has 1 aromatic heterocycles. The zero-order valence-electron chi connectivity index (χ0n) is 16.9. The average molecular weight is 460 g/mol. The molecular formula is C20H21N5O4S2. The Labute approximate surface area is 184 Å². The van der Waals surface area contributed by atoms with Crippen LogP contribution in [0.4, 0.5) is 10.8 Å². The van der Waals surface area contributed by atoms with Crippen LogP contribution in [-0.2, 0) is 10.0 Å². The first-order valence-electron chi connectivity index (χ1n) is 9.44. The number of thiazole rings is 1. The van der Waals surface area contributed by atoms with Crippen molar-refractivity contribution in [2.45, 2.75) is 18.7 Å². The summed E-state index contributed by atoms with van der Waals surface area (Å²) in [7, 11) is -3.56. The number of nitro groups is 1. The van der Waals surface area contributed by atoms with Gasteiger partial charge in [0, 0.05) is 41.7 Å². The molecular weight excluding hydrogens is 438 g/mol. The monoisotopic (exact) mass is 459 g/mol. The molecule has 9 nitrogen and oxygen atoms in total. The van der Waals surface area contributed by atoms with E-state index < -0.39 is 14.9 Å².